The molecule has 1 heterocycles. The van der Waals surface area contributed by atoms with Gasteiger partial charge in [0.15, 0.2) is 0 Å². The van der Waals surface area contributed by atoms with Gasteiger partial charge in [0.2, 0.25) is 0 Å². The molecule has 0 saturated heterocycles. The molecule has 0 aromatic heterocycles. The number of hydrogen-bond donors (Lipinski definition) is 0. The van der Waals surface area contributed by atoms with Crippen molar-refractivity contribution in [1.29, 1.82) is 0 Å². The van der Waals surface area contributed by atoms with Crippen molar-refractivity contribution in [2.75, 3.05) is 14.2 Å². The molecule has 2 aromatic rings. The zero-order valence-corrected chi connectivity index (χ0v) is 12.3. The minimum atomic E-state index is 0.325. The SMILES string of the molecule is COc1cccc(C2C=Cc3cc(OC)ccc3S2)c1. The molecular formula is C17H16O2S. The standard InChI is InChI=1S/C17H16O2S/c1-18-14-5-3-4-12(10-14)16-8-6-13-11-15(19-2)7-9-17(13)20-16/h3-11,16H,1-2H3. The zero-order valence-electron chi connectivity index (χ0n) is 11.5. The second-order valence-corrected chi connectivity index (χ2v) is 5.76. The Hall–Kier alpha value is -1.87. The fourth-order valence-electron chi connectivity index (χ4n) is 2.26. The fraction of sp³-hybridized carbons (Fsp3) is 0.176. The number of ether oxygens (including phenoxy) is 2. The molecule has 0 spiro atoms. The van der Waals surface area contributed by atoms with Crippen molar-refractivity contribution in [3.63, 3.8) is 0 Å². The van der Waals surface area contributed by atoms with Gasteiger partial charge in [0.05, 0.1) is 19.5 Å². The number of rotatable bonds is 3. The third-order valence-corrected chi connectivity index (χ3v) is 4.65. The summed E-state index contributed by atoms with van der Waals surface area (Å²) < 4.78 is 10.6. The van der Waals surface area contributed by atoms with Crippen molar-refractivity contribution in [1.82, 2.24) is 0 Å². The highest BCUT2D eigenvalue weighted by atomic mass is 32.2. The van der Waals surface area contributed by atoms with E-state index in [9.17, 15) is 0 Å². The van der Waals surface area contributed by atoms with Gasteiger partial charge in [-0.05, 0) is 41.5 Å². The molecule has 2 nitrogen and oxygen atoms in total. The van der Waals surface area contributed by atoms with E-state index in [0.29, 0.717) is 5.25 Å². The van der Waals surface area contributed by atoms with Crippen LogP contribution in [0.1, 0.15) is 16.4 Å². The van der Waals surface area contributed by atoms with Crippen molar-refractivity contribution in [2.24, 2.45) is 0 Å². The van der Waals surface area contributed by atoms with Crippen LogP contribution in [-0.2, 0) is 0 Å². The van der Waals surface area contributed by atoms with Gasteiger partial charge >= 0.3 is 0 Å². The van der Waals surface area contributed by atoms with Crippen LogP contribution < -0.4 is 9.47 Å². The van der Waals surface area contributed by atoms with Crippen LogP contribution in [0.5, 0.6) is 11.5 Å². The van der Waals surface area contributed by atoms with Crippen LogP contribution in [0.25, 0.3) is 6.08 Å². The van der Waals surface area contributed by atoms with E-state index in [-0.39, 0.29) is 0 Å². The Balaban J connectivity index is 1.89. The van der Waals surface area contributed by atoms with E-state index in [4.69, 9.17) is 9.47 Å². The zero-order chi connectivity index (χ0) is 13.9. The summed E-state index contributed by atoms with van der Waals surface area (Å²) in [5.41, 5.74) is 2.47. The van der Waals surface area contributed by atoms with Crippen LogP contribution in [0, 0.1) is 0 Å². The van der Waals surface area contributed by atoms with Crippen molar-refractivity contribution in [3.8, 4) is 11.5 Å². The van der Waals surface area contributed by atoms with Gasteiger partial charge in [-0.2, -0.15) is 0 Å². The molecule has 1 unspecified atom stereocenters. The molecule has 20 heavy (non-hydrogen) atoms. The summed E-state index contributed by atoms with van der Waals surface area (Å²) in [4.78, 5) is 1.28. The molecule has 2 aromatic carbocycles. The number of benzene rings is 2. The maximum absolute atomic E-state index is 5.30. The highest BCUT2D eigenvalue weighted by Gasteiger charge is 2.17. The average molecular weight is 284 g/mol. The van der Waals surface area contributed by atoms with E-state index in [1.165, 1.54) is 16.0 Å². The van der Waals surface area contributed by atoms with Gasteiger partial charge in [-0.3, -0.25) is 0 Å². The Morgan fingerprint density at radius 3 is 2.55 bits per heavy atom. The van der Waals surface area contributed by atoms with Crippen LogP contribution in [0.2, 0.25) is 0 Å². The molecule has 0 radical (unpaired) electrons. The van der Waals surface area contributed by atoms with E-state index in [2.05, 4.69) is 36.4 Å². The van der Waals surface area contributed by atoms with Crippen molar-refractivity contribution < 1.29 is 9.47 Å². The number of methoxy groups -OCH3 is 2. The van der Waals surface area contributed by atoms with Crippen LogP contribution in [0.4, 0.5) is 0 Å². The largest absolute Gasteiger partial charge is 0.497 e. The lowest BCUT2D eigenvalue weighted by atomic mass is 10.1. The summed E-state index contributed by atoms with van der Waals surface area (Å²) in [6.45, 7) is 0. The molecule has 0 fully saturated rings. The molecular weight excluding hydrogens is 268 g/mol. The van der Waals surface area contributed by atoms with Crippen LogP contribution >= 0.6 is 11.8 Å². The minimum Gasteiger partial charge on any atom is -0.497 e. The van der Waals surface area contributed by atoms with Crippen molar-refractivity contribution in [3.05, 3.63) is 59.7 Å². The monoisotopic (exact) mass is 284 g/mol. The molecule has 0 saturated carbocycles. The molecule has 0 N–H and O–H groups in total. The topological polar surface area (TPSA) is 18.5 Å². The molecule has 1 atom stereocenters. The summed E-state index contributed by atoms with van der Waals surface area (Å²) in [5, 5.41) is 0.325. The molecule has 1 aliphatic heterocycles. The first-order chi connectivity index (χ1) is 9.80. The lowest BCUT2D eigenvalue weighted by Gasteiger charge is -2.20. The maximum Gasteiger partial charge on any atom is 0.119 e. The fourth-order valence-corrected chi connectivity index (χ4v) is 3.38. The van der Waals surface area contributed by atoms with Crippen molar-refractivity contribution >= 4 is 17.8 Å². The predicted molar refractivity (Wildman–Crippen MR) is 83.6 cm³/mol. The van der Waals surface area contributed by atoms with Gasteiger partial charge in [0.1, 0.15) is 11.5 Å². The summed E-state index contributed by atoms with van der Waals surface area (Å²) >= 11 is 1.85. The maximum atomic E-state index is 5.30. The van der Waals surface area contributed by atoms with E-state index in [1.807, 2.05) is 30.0 Å². The summed E-state index contributed by atoms with van der Waals surface area (Å²) in [5.74, 6) is 1.80. The number of hydrogen-bond acceptors (Lipinski definition) is 3. The highest BCUT2D eigenvalue weighted by molar-refractivity contribution is 7.99. The second kappa shape index (κ2) is 5.63. The van der Waals surface area contributed by atoms with Crippen molar-refractivity contribution in [2.45, 2.75) is 10.1 Å². The van der Waals surface area contributed by atoms with Crippen LogP contribution in [-0.4, -0.2) is 14.2 Å². The normalized spacial score (nSPS) is 16.6. The smallest absolute Gasteiger partial charge is 0.119 e. The summed E-state index contributed by atoms with van der Waals surface area (Å²) in [7, 11) is 3.39. The number of fused-ring (bicyclic) bond motifs is 1. The van der Waals surface area contributed by atoms with Gasteiger partial charge in [0, 0.05) is 4.90 Å². The highest BCUT2D eigenvalue weighted by Crippen LogP contribution is 2.43. The van der Waals surface area contributed by atoms with Crippen LogP contribution in [0.3, 0.4) is 0 Å². The molecule has 3 heteroatoms. The second-order valence-electron chi connectivity index (χ2n) is 4.58. The predicted octanol–water partition coefficient (Wildman–Crippen LogP) is 4.56. The Bertz CT molecular complexity index is 649. The molecule has 0 amide bonds. The van der Waals surface area contributed by atoms with Gasteiger partial charge in [-0.15, -0.1) is 11.8 Å². The van der Waals surface area contributed by atoms with Gasteiger partial charge < -0.3 is 9.47 Å². The van der Waals surface area contributed by atoms with E-state index < -0.39 is 0 Å². The number of thioether (sulfide) groups is 1. The molecule has 0 bridgehead atoms. The minimum absolute atomic E-state index is 0.325. The van der Waals surface area contributed by atoms with E-state index in [1.54, 1.807) is 14.2 Å². The first kappa shape index (κ1) is 13.1. The quantitative estimate of drug-likeness (QED) is 0.823. The first-order valence-corrected chi connectivity index (χ1v) is 7.35. The summed E-state index contributed by atoms with van der Waals surface area (Å²) in [6, 6.07) is 14.4. The third-order valence-electron chi connectivity index (χ3n) is 3.34. The Labute approximate surface area is 123 Å². The lowest BCUT2D eigenvalue weighted by Crippen LogP contribution is -1.97. The Morgan fingerprint density at radius 2 is 1.75 bits per heavy atom. The molecule has 0 aliphatic carbocycles. The third kappa shape index (κ3) is 2.54. The average Bonchev–Trinajstić information content (AvgIpc) is 2.54. The van der Waals surface area contributed by atoms with E-state index in [0.717, 1.165) is 11.5 Å². The Kier molecular flexibility index (Phi) is 3.70. The Morgan fingerprint density at radius 1 is 0.950 bits per heavy atom. The molecule has 3 rings (SSSR count). The van der Waals surface area contributed by atoms with Gasteiger partial charge in [0.25, 0.3) is 0 Å². The van der Waals surface area contributed by atoms with Gasteiger partial charge in [-0.1, -0.05) is 24.3 Å². The van der Waals surface area contributed by atoms with E-state index >= 15 is 0 Å². The molecule has 102 valence electrons. The lowest BCUT2D eigenvalue weighted by molar-refractivity contribution is 0.414. The van der Waals surface area contributed by atoms with Gasteiger partial charge in [-0.25, -0.2) is 0 Å². The summed E-state index contributed by atoms with van der Waals surface area (Å²) in [6.07, 6.45) is 4.39. The van der Waals surface area contributed by atoms with Crippen LogP contribution in [0.15, 0.2) is 53.4 Å². The first-order valence-electron chi connectivity index (χ1n) is 6.47. The molecule has 1 aliphatic rings.